The predicted molar refractivity (Wildman–Crippen MR) is 64.0 cm³/mol. The van der Waals surface area contributed by atoms with Gasteiger partial charge in [-0.1, -0.05) is 19.8 Å². The quantitative estimate of drug-likeness (QED) is 0.613. The van der Waals surface area contributed by atoms with Crippen LogP contribution >= 0.6 is 12.2 Å². The first-order chi connectivity index (χ1) is 7.27. The zero-order valence-corrected chi connectivity index (χ0v) is 10.0. The second kappa shape index (κ2) is 3.59. The minimum atomic E-state index is 0.451. The van der Waals surface area contributed by atoms with Gasteiger partial charge in [-0.05, 0) is 43.3 Å². The number of nitrogens with one attached hydrogen (secondary N) is 2. The summed E-state index contributed by atoms with van der Waals surface area (Å²) < 4.78 is 0. The Morgan fingerprint density at radius 3 is 3.00 bits per heavy atom. The van der Waals surface area contributed by atoms with Crippen LogP contribution in [0.2, 0.25) is 0 Å². The van der Waals surface area contributed by atoms with E-state index in [9.17, 15) is 0 Å². The van der Waals surface area contributed by atoms with Crippen LogP contribution in [0.25, 0.3) is 0 Å². The molecule has 1 aliphatic carbocycles. The molecule has 3 aliphatic rings. The molecule has 0 aromatic rings. The van der Waals surface area contributed by atoms with Crippen molar-refractivity contribution in [3.63, 3.8) is 0 Å². The normalized spacial score (nSPS) is 44.6. The zero-order valence-electron chi connectivity index (χ0n) is 9.20. The van der Waals surface area contributed by atoms with E-state index in [1.54, 1.807) is 0 Å². The summed E-state index contributed by atoms with van der Waals surface area (Å²) in [7, 11) is 0. The van der Waals surface area contributed by atoms with E-state index < -0.39 is 0 Å². The average Bonchev–Trinajstić information content (AvgIpc) is 2.61. The van der Waals surface area contributed by atoms with Crippen LogP contribution in [0.5, 0.6) is 0 Å². The molecule has 2 N–H and O–H groups in total. The molecule has 84 valence electrons. The molecule has 1 saturated carbocycles. The summed E-state index contributed by atoms with van der Waals surface area (Å²) in [4.78, 5) is 2.43. The van der Waals surface area contributed by atoms with Crippen LogP contribution in [0.3, 0.4) is 0 Å². The van der Waals surface area contributed by atoms with Crippen molar-refractivity contribution in [2.24, 2.45) is 11.8 Å². The van der Waals surface area contributed by atoms with Crippen LogP contribution in [-0.2, 0) is 0 Å². The van der Waals surface area contributed by atoms with Gasteiger partial charge >= 0.3 is 0 Å². The molecule has 0 spiro atoms. The second-order valence-corrected chi connectivity index (χ2v) is 5.61. The number of thiocarbonyl (C=S) groups is 1. The Balaban J connectivity index is 1.87. The van der Waals surface area contributed by atoms with E-state index in [0.29, 0.717) is 12.2 Å². The average molecular weight is 225 g/mol. The molecule has 4 atom stereocenters. The Hall–Kier alpha value is -0.350. The molecule has 2 heterocycles. The predicted octanol–water partition coefficient (Wildman–Crippen LogP) is 1.61. The van der Waals surface area contributed by atoms with Gasteiger partial charge in [0.1, 0.15) is 0 Å². The zero-order chi connectivity index (χ0) is 10.4. The number of hydrogen-bond donors (Lipinski definition) is 2. The van der Waals surface area contributed by atoms with E-state index in [1.165, 1.54) is 32.1 Å². The monoisotopic (exact) mass is 225 g/mol. The van der Waals surface area contributed by atoms with Gasteiger partial charge in [0, 0.05) is 6.04 Å². The standard InChI is InChI=1S/C11H19N3S/c1-7-6-10-12-13-11(15)14(10)9-5-3-2-4-8(7)9/h7-10,12H,2-6H2,1H3,(H,13,15). The fraction of sp³-hybridized carbons (Fsp3) is 0.909. The Labute approximate surface area is 96.6 Å². The largest absolute Gasteiger partial charge is 0.328 e. The Bertz CT molecular complexity index is 281. The van der Waals surface area contributed by atoms with Crippen LogP contribution in [0.15, 0.2) is 0 Å². The highest BCUT2D eigenvalue weighted by Crippen LogP contribution is 2.41. The highest BCUT2D eigenvalue weighted by atomic mass is 32.1. The lowest BCUT2D eigenvalue weighted by molar-refractivity contribution is 0.0359. The van der Waals surface area contributed by atoms with Crippen molar-refractivity contribution in [2.45, 2.75) is 51.2 Å². The van der Waals surface area contributed by atoms with Crippen molar-refractivity contribution in [1.29, 1.82) is 0 Å². The molecule has 3 rings (SSSR count). The van der Waals surface area contributed by atoms with E-state index >= 15 is 0 Å². The lowest BCUT2D eigenvalue weighted by Crippen LogP contribution is -2.55. The third kappa shape index (κ3) is 1.46. The number of nitrogens with zero attached hydrogens (tertiary/aromatic N) is 1. The third-order valence-corrected chi connectivity index (χ3v) is 4.69. The van der Waals surface area contributed by atoms with Gasteiger partial charge < -0.3 is 4.90 Å². The number of hydrazine groups is 1. The lowest BCUT2D eigenvalue weighted by atomic mass is 9.72. The molecule has 0 aromatic carbocycles. The van der Waals surface area contributed by atoms with E-state index in [0.717, 1.165) is 16.9 Å². The summed E-state index contributed by atoms with van der Waals surface area (Å²) in [6, 6.07) is 0.697. The Kier molecular flexibility index (Phi) is 2.36. The van der Waals surface area contributed by atoms with Crippen molar-refractivity contribution >= 4 is 17.3 Å². The van der Waals surface area contributed by atoms with Crippen LogP contribution in [-0.4, -0.2) is 22.2 Å². The van der Waals surface area contributed by atoms with Gasteiger partial charge in [0.2, 0.25) is 0 Å². The number of rotatable bonds is 0. The summed E-state index contributed by atoms with van der Waals surface area (Å²) >= 11 is 5.38. The van der Waals surface area contributed by atoms with Crippen molar-refractivity contribution in [1.82, 2.24) is 15.8 Å². The van der Waals surface area contributed by atoms with Crippen LogP contribution < -0.4 is 10.9 Å². The second-order valence-electron chi connectivity index (χ2n) is 5.23. The van der Waals surface area contributed by atoms with E-state index in [2.05, 4.69) is 22.7 Å². The summed E-state index contributed by atoms with van der Waals surface area (Å²) in [6.45, 7) is 2.41. The van der Waals surface area contributed by atoms with Crippen molar-refractivity contribution < 1.29 is 0 Å². The molecule has 0 radical (unpaired) electrons. The number of hydrogen-bond acceptors (Lipinski definition) is 2. The van der Waals surface area contributed by atoms with Gasteiger partial charge in [0.15, 0.2) is 5.11 Å². The first kappa shape index (κ1) is 9.85. The summed E-state index contributed by atoms with van der Waals surface area (Å²) in [5, 5.41) is 0.920. The molecule has 3 fully saturated rings. The molecule has 2 saturated heterocycles. The van der Waals surface area contributed by atoms with Crippen LogP contribution in [0.4, 0.5) is 0 Å². The van der Waals surface area contributed by atoms with Gasteiger partial charge in [-0.25, -0.2) is 5.43 Å². The topological polar surface area (TPSA) is 27.3 Å². The fourth-order valence-corrected chi connectivity index (χ4v) is 3.97. The molecule has 0 amide bonds. The summed E-state index contributed by atoms with van der Waals surface area (Å²) in [6.07, 6.45) is 7.20. The van der Waals surface area contributed by atoms with Crippen molar-refractivity contribution in [3.05, 3.63) is 0 Å². The molecule has 0 aromatic heterocycles. The SMILES string of the molecule is CC1CC2NNC(=S)N2C2CCCCC12. The van der Waals surface area contributed by atoms with Gasteiger partial charge in [-0.3, -0.25) is 5.43 Å². The van der Waals surface area contributed by atoms with Gasteiger partial charge in [0.05, 0.1) is 6.17 Å². The van der Waals surface area contributed by atoms with Gasteiger partial charge in [0.25, 0.3) is 0 Å². The summed E-state index contributed by atoms with van der Waals surface area (Å²) in [5.74, 6) is 1.71. The molecule has 4 unspecified atom stereocenters. The Morgan fingerprint density at radius 2 is 2.13 bits per heavy atom. The maximum Gasteiger partial charge on any atom is 0.185 e. The molecular formula is C11H19N3S. The third-order valence-electron chi connectivity index (χ3n) is 4.38. The molecule has 3 nitrogen and oxygen atoms in total. The van der Waals surface area contributed by atoms with Crippen LogP contribution in [0.1, 0.15) is 39.0 Å². The lowest BCUT2D eigenvalue weighted by Gasteiger charge is -2.48. The maximum absolute atomic E-state index is 5.38. The van der Waals surface area contributed by atoms with E-state index in [4.69, 9.17) is 12.2 Å². The van der Waals surface area contributed by atoms with Crippen molar-refractivity contribution in [3.8, 4) is 0 Å². The molecule has 0 bridgehead atoms. The number of fused-ring (bicyclic) bond motifs is 3. The van der Waals surface area contributed by atoms with Gasteiger partial charge in [-0.15, -0.1) is 0 Å². The first-order valence-corrected chi connectivity index (χ1v) is 6.52. The molecule has 4 heteroatoms. The first-order valence-electron chi connectivity index (χ1n) is 6.11. The molecular weight excluding hydrogens is 206 g/mol. The minimum absolute atomic E-state index is 0.451. The Morgan fingerprint density at radius 1 is 1.33 bits per heavy atom. The summed E-state index contributed by atoms with van der Waals surface area (Å²) in [5.41, 5.74) is 6.43. The molecule has 15 heavy (non-hydrogen) atoms. The number of piperidine rings is 1. The van der Waals surface area contributed by atoms with Gasteiger partial charge in [-0.2, -0.15) is 0 Å². The van der Waals surface area contributed by atoms with E-state index in [1.807, 2.05) is 0 Å². The minimum Gasteiger partial charge on any atom is -0.328 e. The van der Waals surface area contributed by atoms with Crippen LogP contribution in [0, 0.1) is 11.8 Å². The highest BCUT2D eigenvalue weighted by molar-refractivity contribution is 7.80. The van der Waals surface area contributed by atoms with E-state index in [-0.39, 0.29) is 0 Å². The molecule has 2 aliphatic heterocycles. The maximum atomic E-state index is 5.38. The highest BCUT2D eigenvalue weighted by Gasteiger charge is 2.45. The fourth-order valence-electron chi connectivity index (χ4n) is 3.65. The smallest absolute Gasteiger partial charge is 0.185 e. The van der Waals surface area contributed by atoms with Crippen molar-refractivity contribution in [2.75, 3.05) is 0 Å².